The molecule has 138 valence electrons. The van der Waals surface area contributed by atoms with Crippen LogP contribution in [0.4, 0.5) is 0 Å². The Hall–Kier alpha value is -3.31. The van der Waals surface area contributed by atoms with Crippen LogP contribution in [0.2, 0.25) is 0 Å². The van der Waals surface area contributed by atoms with Crippen molar-refractivity contribution in [1.29, 1.82) is 0 Å². The van der Waals surface area contributed by atoms with Crippen molar-refractivity contribution >= 4 is 17.2 Å². The van der Waals surface area contributed by atoms with Crippen LogP contribution in [0.1, 0.15) is 15.4 Å². The summed E-state index contributed by atoms with van der Waals surface area (Å²) in [4.78, 5) is 22.6. The van der Waals surface area contributed by atoms with E-state index in [1.807, 2.05) is 78.9 Å². The normalized spacial score (nSPS) is 10.6. The molecule has 0 radical (unpaired) electrons. The van der Waals surface area contributed by atoms with E-state index in [9.17, 15) is 4.79 Å². The Morgan fingerprint density at radius 2 is 1.54 bits per heavy atom. The standard InChI is InChI=1S/C23H19N3OS/c27-22(25-16-14-19-13-7-8-15-24-19)21-20(17-9-3-1-4-10-17)26-23(28-21)18-11-5-2-6-12-18/h1-13,15H,14,16H2,(H,25,27). The second kappa shape index (κ2) is 8.59. The molecule has 4 rings (SSSR count). The molecule has 0 unspecified atom stereocenters. The lowest BCUT2D eigenvalue weighted by molar-refractivity contribution is 0.0958. The van der Waals surface area contributed by atoms with Crippen molar-refractivity contribution in [3.8, 4) is 21.8 Å². The van der Waals surface area contributed by atoms with Gasteiger partial charge in [-0.15, -0.1) is 11.3 Å². The predicted octanol–water partition coefficient (Wildman–Crippen LogP) is 4.84. The third-order valence-electron chi connectivity index (χ3n) is 4.29. The molecule has 4 nitrogen and oxygen atoms in total. The van der Waals surface area contributed by atoms with Gasteiger partial charge in [-0.25, -0.2) is 4.98 Å². The maximum Gasteiger partial charge on any atom is 0.263 e. The maximum absolute atomic E-state index is 12.9. The zero-order chi connectivity index (χ0) is 19.2. The average Bonchev–Trinajstić information content (AvgIpc) is 3.21. The summed E-state index contributed by atoms with van der Waals surface area (Å²) in [5.74, 6) is -0.102. The summed E-state index contributed by atoms with van der Waals surface area (Å²) in [6.07, 6.45) is 2.46. The van der Waals surface area contributed by atoms with E-state index in [0.29, 0.717) is 17.8 Å². The Morgan fingerprint density at radius 1 is 0.857 bits per heavy atom. The molecular formula is C23H19N3OS. The number of hydrogen-bond donors (Lipinski definition) is 1. The summed E-state index contributed by atoms with van der Waals surface area (Å²) >= 11 is 1.42. The molecule has 0 saturated carbocycles. The molecule has 0 aliphatic heterocycles. The lowest BCUT2D eigenvalue weighted by Crippen LogP contribution is -2.25. The van der Waals surface area contributed by atoms with Crippen molar-refractivity contribution in [3.63, 3.8) is 0 Å². The quantitative estimate of drug-likeness (QED) is 0.516. The smallest absolute Gasteiger partial charge is 0.263 e. The molecule has 0 aliphatic carbocycles. The number of benzene rings is 2. The third-order valence-corrected chi connectivity index (χ3v) is 5.40. The van der Waals surface area contributed by atoms with Crippen LogP contribution in [-0.4, -0.2) is 22.4 Å². The molecule has 2 aromatic carbocycles. The van der Waals surface area contributed by atoms with Gasteiger partial charge >= 0.3 is 0 Å². The van der Waals surface area contributed by atoms with Crippen LogP contribution in [0, 0.1) is 0 Å². The SMILES string of the molecule is O=C(NCCc1ccccn1)c1sc(-c2ccccc2)nc1-c1ccccc1. The number of pyridine rings is 1. The van der Waals surface area contributed by atoms with Gasteiger partial charge in [0.1, 0.15) is 9.88 Å². The highest BCUT2D eigenvalue weighted by Crippen LogP contribution is 2.33. The molecule has 2 aromatic heterocycles. The van der Waals surface area contributed by atoms with E-state index < -0.39 is 0 Å². The largest absolute Gasteiger partial charge is 0.351 e. The van der Waals surface area contributed by atoms with Crippen LogP contribution in [0.25, 0.3) is 21.8 Å². The second-order valence-electron chi connectivity index (χ2n) is 6.26. The molecule has 0 saturated heterocycles. The highest BCUT2D eigenvalue weighted by atomic mass is 32.1. The number of hydrogen-bond acceptors (Lipinski definition) is 4. The Balaban J connectivity index is 1.59. The van der Waals surface area contributed by atoms with Crippen molar-refractivity contribution < 1.29 is 4.79 Å². The Labute approximate surface area is 167 Å². The van der Waals surface area contributed by atoms with Gasteiger partial charge in [-0.05, 0) is 12.1 Å². The lowest BCUT2D eigenvalue weighted by Gasteiger charge is -2.05. The van der Waals surface area contributed by atoms with Crippen molar-refractivity contribution in [3.05, 3.63) is 95.6 Å². The first-order chi connectivity index (χ1) is 13.8. The third kappa shape index (κ3) is 4.15. The molecular weight excluding hydrogens is 366 g/mol. The number of carbonyl (C=O) groups is 1. The fourth-order valence-electron chi connectivity index (χ4n) is 2.90. The van der Waals surface area contributed by atoms with Gasteiger partial charge < -0.3 is 5.32 Å². The first-order valence-electron chi connectivity index (χ1n) is 9.11. The van der Waals surface area contributed by atoms with E-state index in [-0.39, 0.29) is 5.91 Å². The highest BCUT2D eigenvalue weighted by molar-refractivity contribution is 7.17. The predicted molar refractivity (Wildman–Crippen MR) is 113 cm³/mol. The van der Waals surface area contributed by atoms with Crippen LogP contribution in [0.5, 0.6) is 0 Å². The molecule has 1 amide bonds. The number of amides is 1. The summed E-state index contributed by atoms with van der Waals surface area (Å²) in [6.45, 7) is 0.530. The van der Waals surface area contributed by atoms with Gasteiger partial charge in [0.25, 0.3) is 5.91 Å². The van der Waals surface area contributed by atoms with Gasteiger partial charge in [0.05, 0.1) is 5.69 Å². The van der Waals surface area contributed by atoms with Crippen LogP contribution >= 0.6 is 11.3 Å². The maximum atomic E-state index is 12.9. The average molecular weight is 385 g/mol. The van der Waals surface area contributed by atoms with Gasteiger partial charge in [-0.2, -0.15) is 0 Å². The van der Waals surface area contributed by atoms with Gasteiger partial charge in [0.15, 0.2) is 0 Å². The number of nitrogens with zero attached hydrogens (tertiary/aromatic N) is 2. The number of thiazole rings is 1. The first-order valence-corrected chi connectivity index (χ1v) is 9.93. The Kier molecular flexibility index (Phi) is 5.54. The van der Waals surface area contributed by atoms with Crippen molar-refractivity contribution in [2.24, 2.45) is 0 Å². The van der Waals surface area contributed by atoms with Gasteiger partial charge in [0, 0.05) is 36.0 Å². The molecule has 1 N–H and O–H groups in total. The molecule has 5 heteroatoms. The number of aromatic nitrogens is 2. The zero-order valence-electron chi connectivity index (χ0n) is 15.2. The van der Waals surface area contributed by atoms with Crippen molar-refractivity contribution in [1.82, 2.24) is 15.3 Å². The van der Waals surface area contributed by atoms with E-state index in [1.54, 1.807) is 6.20 Å². The highest BCUT2D eigenvalue weighted by Gasteiger charge is 2.20. The molecule has 0 bridgehead atoms. The Bertz CT molecular complexity index is 1050. The molecule has 0 aliphatic rings. The fraction of sp³-hybridized carbons (Fsp3) is 0.0870. The van der Waals surface area contributed by atoms with E-state index in [0.717, 1.165) is 27.5 Å². The minimum absolute atomic E-state index is 0.102. The summed E-state index contributed by atoms with van der Waals surface area (Å²) in [7, 11) is 0. The molecule has 0 spiro atoms. The van der Waals surface area contributed by atoms with Crippen LogP contribution in [-0.2, 0) is 6.42 Å². The number of carbonyl (C=O) groups excluding carboxylic acids is 1. The summed E-state index contributed by atoms with van der Waals surface area (Å²) < 4.78 is 0. The van der Waals surface area contributed by atoms with Crippen LogP contribution in [0.3, 0.4) is 0 Å². The van der Waals surface area contributed by atoms with Crippen LogP contribution in [0.15, 0.2) is 85.1 Å². The zero-order valence-corrected chi connectivity index (χ0v) is 16.0. The topological polar surface area (TPSA) is 54.9 Å². The molecule has 28 heavy (non-hydrogen) atoms. The number of nitrogens with one attached hydrogen (secondary N) is 1. The van der Waals surface area contributed by atoms with E-state index in [2.05, 4.69) is 10.3 Å². The van der Waals surface area contributed by atoms with Crippen molar-refractivity contribution in [2.75, 3.05) is 6.54 Å². The summed E-state index contributed by atoms with van der Waals surface area (Å²) in [5.41, 5.74) is 3.63. The fourth-order valence-corrected chi connectivity index (χ4v) is 3.91. The molecule has 2 heterocycles. The van der Waals surface area contributed by atoms with E-state index >= 15 is 0 Å². The molecule has 0 atom stereocenters. The lowest BCUT2D eigenvalue weighted by atomic mass is 10.1. The minimum Gasteiger partial charge on any atom is -0.351 e. The van der Waals surface area contributed by atoms with Crippen LogP contribution < -0.4 is 5.32 Å². The Morgan fingerprint density at radius 3 is 2.21 bits per heavy atom. The van der Waals surface area contributed by atoms with Crippen molar-refractivity contribution in [2.45, 2.75) is 6.42 Å². The van der Waals surface area contributed by atoms with E-state index in [4.69, 9.17) is 4.98 Å². The molecule has 0 fully saturated rings. The number of rotatable bonds is 6. The first kappa shape index (κ1) is 18.1. The summed E-state index contributed by atoms with van der Waals surface area (Å²) in [6, 6.07) is 25.6. The van der Waals surface area contributed by atoms with Gasteiger partial charge in [-0.1, -0.05) is 66.7 Å². The second-order valence-corrected chi connectivity index (χ2v) is 7.25. The monoisotopic (exact) mass is 385 g/mol. The summed E-state index contributed by atoms with van der Waals surface area (Å²) in [5, 5.41) is 3.86. The van der Waals surface area contributed by atoms with E-state index in [1.165, 1.54) is 11.3 Å². The van der Waals surface area contributed by atoms with Gasteiger partial charge in [-0.3, -0.25) is 9.78 Å². The minimum atomic E-state index is -0.102. The van der Waals surface area contributed by atoms with Gasteiger partial charge in [0.2, 0.25) is 0 Å². The molecule has 4 aromatic rings.